The molecule has 2 aromatic carbocycles. The molecule has 0 radical (unpaired) electrons. The average molecular weight is 545 g/mol. The van der Waals surface area contributed by atoms with Crippen molar-refractivity contribution in [2.24, 2.45) is 5.10 Å². The van der Waals surface area contributed by atoms with Gasteiger partial charge in [0.25, 0.3) is 5.69 Å². The smallest absolute Gasteiger partial charge is 0.416 e. The van der Waals surface area contributed by atoms with Gasteiger partial charge in [-0.15, -0.1) is 0 Å². The molecular formula is C22H12ClF3N8O4. The molecule has 5 rings (SSSR count). The van der Waals surface area contributed by atoms with Crippen molar-refractivity contribution in [3.8, 4) is 11.3 Å². The van der Waals surface area contributed by atoms with Crippen molar-refractivity contribution in [3.05, 3.63) is 81.1 Å². The summed E-state index contributed by atoms with van der Waals surface area (Å²) in [6, 6.07) is 11.9. The van der Waals surface area contributed by atoms with Gasteiger partial charge in [-0.25, -0.2) is 9.61 Å². The second kappa shape index (κ2) is 9.78. The van der Waals surface area contributed by atoms with Crippen LogP contribution >= 0.6 is 11.6 Å². The zero-order valence-electron chi connectivity index (χ0n) is 18.6. The minimum atomic E-state index is -4.53. The number of hydrazone groups is 1. The van der Waals surface area contributed by atoms with Crippen LogP contribution < -0.4 is 10.7 Å². The van der Waals surface area contributed by atoms with Crippen molar-refractivity contribution < 1.29 is 27.1 Å². The minimum absolute atomic E-state index is 0.00159. The van der Waals surface area contributed by atoms with Crippen LogP contribution in [0.4, 0.5) is 36.2 Å². The van der Waals surface area contributed by atoms with Crippen molar-refractivity contribution in [1.82, 2.24) is 20.3 Å². The van der Waals surface area contributed by atoms with Gasteiger partial charge in [-0.05, 0) is 52.8 Å². The standard InChI is InChI=1S/C22H12ClF3N8O4/c23-15-6-4-11(8-16(15)34(35)36)17-7-5-14(37-17)10-27-31-19-18(29-20-21(30-19)33-38-32-20)28-13-3-1-2-12(9-13)22(24,25)26/h1-10H,(H,28,29,32)(H,30,31,33). The zero-order valence-corrected chi connectivity index (χ0v) is 19.4. The van der Waals surface area contributed by atoms with Gasteiger partial charge in [-0.2, -0.15) is 23.3 Å². The molecule has 0 aliphatic rings. The predicted octanol–water partition coefficient (Wildman–Crippen LogP) is 6.04. The largest absolute Gasteiger partial charge is 0.455 e. The Kier molecular flexibility index (Phi) is 6.34. The van der Waals surface area contributed by atoms with Crippen LogP contribution in [0.1, 0.15) is 11.3 Å². The average Bonchev–Trinajstić information content (AvgIpc) is 3.53. The van der Waals surface area contributed by atoms with Gasteiger partial charge >= 0.3 is 6.18 Å². The fourth-order valence-corrected chi connectivity index (χ4v) is 3.44. The molecule has 0 amide bonds. The number of nitro groups is 1. The van der Waals surface area contributed by atoms with Crippen LogP contribution in [0.2, 0.25) is 5.02 Å². The van der Waals surface area contributed by atoms with E-state index in [1.54, 1.807) is 18.2 Å². The van der Waals surface area contributed by atoms with Crippen LogP contribution in [0.3, 0.4) is 0 Å². The highest BCUT2D eigenvalue weighted by Gasteiger charge is 2.30. The van der Waals surface area contributed by atoms with Gasteiger partial charge < -0.3 is 9.73 Å². The lowest BCUT2D eigenvalue weighted by Gasteiger charge is -2.11. The molecule has 0 saturated carbocycles. The van der Waals surface area contributed by atoms with Crippen molar-refractivity contribution in [3.63, 3.8) is 0 Å². The van der Waals surface area contributed by atoms with Crippen LogP contribution in [0.25, 0.3) is 22.6 Å². The van der Waals surface area contributed by atoms with Gasteiger partial charge in [-0.3, -0.25) is 15.5 Å². The van der Waals surface area contributed by atoms with Gasteiger partial charge in [0.1, 0.15) is 16.5 Å². The summed E-state index contributed by atoms with van der Waals surface area (Å²) in [5, 5.41) is 25.1. The summed E-state index contributed by atoms with van der Waals surface area (Å²) in [7, 11) is 0. The third kappa shape index (κ3) is 5.22. The van der Waals surface area contributed by atoms with Gasteiger partial charge in [0.15, 0.2) is 11.6 Å². The highest BCUT2D eigenvalue weighted by atomic mass is 35.5. The molecule has 38 heavy (non-hydrogen) atoms. The van der Waals surface area contributed by atoms with Gasteiger partial charge in [0.2, 0.25) is 11.3 Å². The summed E-state index contributed by atoms with van der Waals surface area (Å²) in [6.07, 6.45) is -3.25. The van der Waals surface area contributed by atoms with Crippen LogP contribution in [0, 0.1) is 10.1 Å². The number of halogens is 4. The van der Waals surface area contributed by atoms with Crippen molar-refractivity contribution in [2.45, 2.75) is 6.18 Å². The maximum absolute atomic E-state index is 13.1. The fourth-order valence-electron chi connectivity index (χ4n) is 3.25. The number of alkyl halides is 3. The highest BCUT2D eigenvalue weighted by Crippen LogP contribution is 2.33. The van der Waals surface area contributed by atoms with E-state index in [-0.39, 0.29) is 45.1 Å². The van der Waals surface area contributed by atoms with Crippen LogP contribution in [-0.4, -0.2) is 31.4 Å². The predicted molar refractivity (Wildman–Crippen MR) is 129 cm³/mol. The molecule has 0 atom stereocenters. The van der Waals surface area contributed by atoms with E-state index in [4.69, 9.17) is 16.0 Å². The number of nitrogens with one attached hydrogen (secondary N) is 2. The molecule has 0 saturated heterocycles. The molecule has 16 heteroatoms. The number of hydrogen-bond acceptors (Lipinski definition) is 11. The number of nitrogens with zero attached hydrogens (tertiary/aromatic N) is 6. The summed E-state index contributed by atoms with van der Waals surface area (Å²) >= 11 is 5.85. The van der Waals surface area contributed by atoms with Gasteiger partial charge in [0, 0.05) is 17.3 Å². The Morgan fingerprint density at radius 1 is 1.03 bits per heavy atom. The SMILES string of the molecule is O=[N+]([O-])c1cc(-c2ccc(C=NNc3nc4nonc4nc3Nc3cccc(C(F)(F)F)c3)o2)ccc1Cl. The Hall–Kier alpha value is -5.05. The molecular weight excluding hydrogens is 533 g/mol. The Bertz CT molecular complexity index is 1680. The lowest BCUT2D eigenvalue weighted by Crippen LogP contribution is -2.06. The first kappa shape index (κ1) is 24.6. The summed E-state index contributed by atoms with van der Waals surface area (Å²) in [5.74, 6) is 0.600. The first-order valence-corrected chi connectivity index (χ1v) is 10.8. The number of furan rings is 1. The van der Waals surface area contributed by atoms with Crippen LogP contribution in [0.15, 0.2) is 68.7 Å². The van der Waals surface area contributed by atoms with Gasteiger partial charge in [0.05, 0.1) is 16.7 Å². The van der Waals surface area contributed by atoms with E-state index in [1.807, 2.05) is 0 Å². The number of fused-ring (bicyclic) bond motifs is 1. The zero-order chi connectivity index (χ0) is 26.9. The van der Waals surface area contributed by atoms with E-state index in [1.165, 1.54) is 30.5 Å². The van der Waals surface area contributed by atoms with E-state index in [2.05, 4.69) is 40.8 Å². The summed E-state index contributed by atoms with van der Waals surface area (Å²) in [4.78, 5) is 18.9. The number of anilines is 3. The maximum atomic E-state index is 13.1. The topological polar surface area (TPSA) is 157 Å². The molecule has 192 valence electrons. The lowest BCUT2D eigenvalue weighted by molar-refractivity contribution is -0.384. The van der Waals surface area contributed by atoms with Crippen LogP contribution in [-0.2, 0) is 6.18 Å². The maximum Gasteiger partial charge on any atom is 0.416 e. The molecule has 0 aliphatic heterocycles. The molecule has 0 fully saturated rings. The van der Waals surface area contributed by atoms with E-state index in [9.17, 15) is 23.3 Å². The number of benzene rings is 2. The van der Waals surface area contributed by atoms with Crippen molar-refractivity contribution in [1.29, 1.82) is 0 Å². The molecule has 0 bridgehead atoms. The second-order valence-electron chi connectivity index (χ2n) is 7.53. The van der Waals surface area contributed by atoms with Crippen molar-refractivity contribution in [2.75, 3.05) is 10.7 Å². The molecule has 3 aromatic heterocycles. The second-order valence-corrected chi connectivity index (χ2v) is 7.94. The van der Waals surface area contributed by atoms with Crippen molar-refractivity contribution >= 4 is 52.1 Å². The first-order chi connectivity index (χ1) is 18.2. The molecule has 5 aromatic rings. The Labute approximate surface area is 214 Å². The normalized spacial score (nSPS) is 11.8. The highest BCUT2D eigenvalue weighted by molar-refractivity contribution is 6.32. The minimum Gasteiger partial charge on any atom is -0.455 e. The summed E-state index contributed by atoms with van der Waals surface area (Å²) in [6.45, 7) is 0. The first-order valence-electron chi connectivity index (χ1n) is 10.5. The fraction of sp³-hybridized carbons (Fsp3) is 0.0455. The van der Waals surface area contributed by atoms with E-state index >= 15 is 0 Å². The monoisotopic (exact) mass is 544 g/mol. The number of rotatable bonds is 7. The lowest BCUT2D eigenvalue weighted by atomic mass is 10.1. The van der Waals surface area contributed by atoms with E-state index in [0.717, 1.165) is 12.1 Å². The molecule has 0 aliphatic carbocycles. The Balaban J connectivity index is 1.38. The molecule has 3 heterocycles. The Morgan fingerprint density at radius 2 is 1.79 bits per heavy atom. The van der Waals surface area contributed by atoms with Crippen LogP contribution in [0.5, 0.6) is 0 Å². The number of aromatic nitrogens is 4. The third-order valence-corrected chi connectivity index (χ3v) is 5.30. The molecule has 0 spiro atoms. The van der Waals surface area contributed by atoms with E-state index in [0.29, 0.717) is 11.3 Å². The molecule has 0 unspecified atom stereocenters. The van der Waals surface area contributed by atoms with Gasteiger partial charge in [-0.1, -0.05) is 17.7 Å². The number of nitro benzene ring substituents is 1. The Morgan fingerprint density at radius 3 is 2.53 bits per heavy atom. The van der Waals surface area contributed by atoms with E-state index < -0.39 is 16.7 Å². The third-order valence-electron chi connectivity index (χ3n) is 4.98. The molecule has 2 N–H and O–H groups in total. The quantitative estimate of drug-likeness (QED) is 0.140. The number of hydrogen-bond donors (Lipinski definition) is 2. The summed E-state index contributed by atoms with van der Waals surface area (Å²) in [5.41, 5.74) is 2.06. The molecule has 12 nitrogen and oxygen atoms in total. The summed E-state index contributed by atoms with van der Waals surface area (Å²) < 4.78 is 49.6.